The van der Waals surface area contributed by atoms with Gasteiger partial charge in [0.15, 0.2) is 23.0 Å². The molecule has 10 heteroatoms. The molecule has 0 aliphatic carbocycles. The Kier molecular flexibility index (Phi) is 5.36. The summed E-state index contributed by atoms with van der Waals surface area (Å²) in [6.45, 7) is 0.406. The van der Waals surface area contributed by atoms with Crippen molar-refractivity contribution in [2.45, 2.75) is 6.10 Å². The lowest BCUT2D eigenvalue weighted by Crippen LogP contribution is -2.46. The van der Waals surface area contributed by atoms with Crippen molar-refractivity contribution < 1.29 is 33.3 Å². The Bertz CT molecular complexity index is 1130. The molecule has 0 bridgehead atoms. The number of hydrogen-bond acceptors (Lipinski definition) is 8. The van der Waals surface area contributed by atoms with Gasteiger partial charge in [-0.3, -0.25) is 19.3 Å². The van der Waals surface area contributed by atoms with Crippen molar-refractivity contribution in [2.24, 2.45) is 0 Å². The van der Waals surface area contributed by atoms with Crippen LogP contribution >= 0.6 is 11.8 Å². The van der Waals surface area contributed by atoms with Gasteiger partial charge >= 0.3 is 0 Å². The zero-order valence-electron chi connectivity index (χ0n) is 16.7. The summed E-state index contributed by atoms with van der Waals surface area (Å²) in [7, 11) is 0. The van der Waals surface area contributed by atoms with Gasteiger partial charge < -0.3 is 24.3 Å². The highest BCUT2D eigenvalue weighted by Gasteiger charge is 2.35. The van der Waals surface area contributed by atoms with Gasteiger partial charge in [0.2, 0.25) is 12.9 Å². The first-order valence-electron chi connectivity index (χ1n) is 9.90. The second-order valence-electron chi connectivity index (χ2n) is 7.10. The first-order chi connectivity index (χ1) is 15.6. The van der Waals surface area contributed by atoms with E-state index in [1.807, 2.05) is 6.07 Å². The lowest BCUT2D eigenvalue weighted by atomic mass is 10.2. The van der Waals surface area contributed by atoms with Gasteiger partial charge in [-0.25, -0.2) is 0 Å². The van der Waals surface area contributed by atoms with Crippen molar-refractivity contribution >= 4 is 34.9 Å². The molecule has 0 aromatic heterocycles. The van der Waals surface area contributed by atoms with Crippen LogP contribution in [-0.2, 0) is 9.59 Å². The molecular formula is C22H18N2O7S. The Morgan fingerprint density at radius 3 is 2.72 bits per heavy atom. The van der Waals surface area contributed by atoms with Crippen molar-refractivity contribution in [3.8, 4) is 23.0 Å². The van der Waals surface area contributed by atoms with Crippen LogP contribution in [0.5, 0.6) is 23.0 Å². The van der Waals surface area contributed by atoms with Crippen LogP contribution < -0.4 is 24.3 Å². The number of rotatable bonds is 5. The number of para-hydroxylation sites is 2. The molecule has 3 aliphatic rings. The van der Waals surface area contributed by atoms with E-state index < -0.39 is 12.0 Å². The van der Waals surface area contributed by atoms with Crippen molar-refractivity contribution in [1.82, 2.24) is 10.2 Å². The van der Waals surface area contributed by atoms with Crippen LogP contribution in [0.2, 0.25) is 0 Å². The van der Waals surface area contributed by atoms with Crippen LogP contribution in [0, 0.1) is 0 Å². The second kappa shape index (κ2) is 8.46. The van der Waals surface area contributed by atoms with E-state index >= 15 is 0 Å². The maximum Gasteiger partial charge on any atom is 0.293 e. The monoisotopic (exact) mass is 454 g/mol. The van der Waals surface area contributed by atoms with Crippen molar-refractivity contribution in [1.29, 1.82) is 0 Å². The minimum Gasteiger partial charge on any atom is -0.485 e. The number of nitrogens with zero attached hydrogens (tertiary/aromatic N) is 1. The highest BCUT2D eigenvalue weighted by atomic mass is 32.2. The standard InChI is InChI=1S/C22H18N2O7S/c25-20(18-11-28-14-3-1-2-4-16(14)31-18)23-7-8-24-21(26)19(32-22(24)27)10-13-5-6-15-17(9-13)30-12-29-15/h1-6,9-10,18H,7-8,11-12H2,(H,23,25)/b19-10+. The van der Waals surface area contributed by atoms with Crippen molar-refractivity contribution in [3.63, 3.8) is 0 Å². The van der Waals surface area contributed by atoms with E-state index in [0.29, 0.717) is 27.9 Å². The number of benzene rings is 2. The fourth-order valence-electron chi connectivity index (χ4n) is 3.40. The van der Waals surface area contributed by atoms with Crippen LogP contribution in [0.15, 0.2) is 47.4 Å². The third-order valence-electron chi connectivity index (χ3n) is 5.00. The van der Waals surface area contributed by atoms with Gasteiger partial charge in [0.05, 0.1) is 4.91 Å². The van der Waals surface area contributed by atoms with Gasteiger partial charge in [0.1, 0.15) is 6.61 Å². The largest absolute Gasteiger partial charge is 0.485 e. The molecule has 1 unspecified atom stereocenters. The summed E-state index contributed by atoms with van der Waals surface area (Å²) in [6.07, 6.45) is 0.835. The van der Waals surface area contributed by atoms with Gasteiger partial charge in [0.25, 0.3) is 17.1 Å². The molecule has 3 amide bonds. The van der Waals surface area contributed by atoms with Crippen LogP contribution in [0.25, 0.3) is 6.08 Å². The highest BCUT2D eigenvalue weighted by molar-refractivity contribution is 8.18. The summed E-state index contributed by atoms with van der Waals surface area (Å²) in [5, 5.41) is 2.31. The van der Waals surface area contributed by atoms with Crippen molar-refractivity contribution in [3.05, 3.63) is 52.9 Å². The number of carbonyl (C=O) groups excluding carboxylic acids is 3. The average molecular weight is 454 g/mol. The van der Waals surface area contributed by atoms with Gasteiger partial charge in [-0.1, -0.05) is 18.2 Å². The fourth-order valence-corrected chi connectivity index (χ4v) is 4.27. The summed E-state index contributed by atoms with van der Waals surface area (Å²) >= 11 is 0.858. The molecule has 3 heterocycles. The first kappa shape index (κ1) is 20.3. The summed E-state index contributed by atoms with van der Waals surface area (Å²) in [5.41, 5.74) is 0.725. The van der Waals surface area contributed by atoms with Gasteiger partial charge in [-0.2, -0.15) is 0 Å². The summed E-state index contributed by atoms with van der Waals surface area (Å²) < 4.78 is 21.8. The average Bonchev–Trinajstić information content (AvgIpc) is 3.38. The number of hydrogen-bond donors (Lipinski definition) is 1. The maximum atomic E-state index is 12.7. The third kappa shape index (κ3) is 3.96. The molecule has 0 spiro atoms. The van der Waals surface area contributed by atoms with Gasteiger partial charge in [0, 0.05) is 13.1 Å². The molecule has 9 nitrogen and oxygen atoms in total. The lowest BCUT2D eigenvalue weighted by Gasteiger charge is -2.25. The number of imide groups is 1. The molecule has 3 aliphatic heterocycles. The maximum absolute atomic E-state index is 12.7. The molecule has 5 rings (SSSR count). The van der Waals surface area contributed by atoms with Gasteiger partial charge in [-0.05, 0) is 47.7 Å². The van der Waals surface area contributed by atoms with Gasteiger partial charge in [-0.15, -0.1) is 0 Å². The predicted molar refractivity (Wildman–Crippen MR) is 115 cm³/mol. The van der Waals surface area contributed by atoms with Crippen LogP contribution in [-0.4, -0.2) is 54.5 Å². The number of ether oxygens (including phenoxy) is 4. The topological polar surface area (TPSA) is 103 Å². The molecule has 164 valence electrons. The molecule has 32 heavy (non-hydrogen) atoms. The molecule has 1 saturated heterocycles. The number of amides is 3. The lowest BCUT2D eigenvalue weighted by molar-refractivity contribution is -0.131. The molecule has 2 aromatic rings. The third-order valence-corrected chi connectivity index (χ3v) is 5.91. The van der Waals surface area contributed by atoms with E-state index in [-0.39, 0.29) is 37.6 Å². The normalized spacial score (nSPS) is 20.1. The minimum atomic E-state index is -0.800. The molecule has 1 fully saturated rings. The molecule has 1 atom stereocenters. The molecule has 0 radical (unpaired) electrons. The Balaban J connectivity index is 1.16. The van der Waals surface area contributed by atoms with Crippen LogP contribution in [0.4, 0.5) is 4.79 Å². The highest BCUT2D eigenvalue weighted by Crippen LogP contribution is 2.36. The summed E-state index contributed by atoms with van der Waals surface area (Å²) in [4.78, 5) is 38.8. The predicted octanol–water partition coefficient (Wildman–Crippen LogP) is 2.41. The Morgan fingerprint density at radius 1 is 1.06 bits per heavy atom. The number of thioether (sulfide) groups is 1. The van der Waals surface area contributed by atoms with E-state index in [1.54, 1.807) is 42.5 Å². The van der Waals surface area contributed by atoms with E-state index in [9.17, 15) is 14.4 Å². The second-order valence-corrected chi connectivity index (χ2v) is 8.09. The smallest absolute Gasteiger partial charge is 0.293 e. The SMILES string of the molecule is O=C(NCCN1C(=O)S/C(=C/c2ccc3c(c2)OCO3)C1=O)C1COc2ccccc2O1. The Morgan fingerprint density at radius 2 is 1.84 bits per heavy atom. The minimum absolute atomic E-state index is 0.0546. The number of fused-ring (bicyclic) bond motifs is 2. The first-order valence-corrected chi connectivity index (χ1v) is 10.7. The number of nitrogens with one attached hydrogen (secondary N) is 1. The fraction of sp³-hybridized carbons (Fsp3) is 0.227. The Labute approximate surface area is 187 Å². The number of carbonyl (C=O) groups is 3. The Hall–Kier alpha value is -3.66. The van der Waals surface area contributed by atoms with E-state index in [1.165, 1.54) is 0 Å². The van der Waals surface area contributed by atoms with Crippen molar-refractivity contribution in [2.75, 3.05) is 26.5 Å². The van der Waals surface area contributed by atoms with Crippen LogP contribution in [0.3, 0.4) is 0 Å². The molecular weight excluding hydrogens is 436 g/mol. The zero-order chi connectivity index (χ0) is 22.1. The van der Waals surface area contributed by atoms with E-state index in [4.69, 9.17) is 18.9 Å². The molecule has 1 N–H and O–H groups in total. The van der Waals surface area contributed by atoms with Crippen LogP contribution in [0.1, 0.15) is 5.56 Å². The van der Waals surface area contributed by atoms with E-state index in [0.717, 1.165) is 22.2 Å². The summed E-state index contributed by atoms with van der Waals surface area (Å²) in [5.74, 6) is 1.54. The molecule has 0 saturated carbocycles. The van der Waals surface area contributed by atoms with E-state index in [2.05, 4.69) is 5.32 Å². The summed E-state index contributed by atoms with van der Waals surface area (Å²) in [6, 6.07) is 12.4. The quantitative estimate of drug-likeness (QED) is 0.687. The molecule has 2 aromatic carbocycles. The zero-order valence-corrected chi connectivity index (χ0v) is 17.6.